The molecule has 7 nitrogen and oxygen atoms in total. The van der Waals surface area contributed by atoms with E-state index in [9.17, 15) is 9.59 Å². The van der Waals surface area contributed by atoms with Crippen molar-refractivity contribution in [1.82, 2.24) is 10.2 Å². The van der Waals surface area contributed by atoms with Gasteiger partial charge in [0.1, 0.15) is 6.61 Å². The molecule has 1 N–H and O–H groups in total. The van der Waals surface area contributed by atoms with Crippen LogP contribution in [0.1, 0.15) is 41.3 Å². The first-order chi connectivity index (χ1) is 15.6. The molecule has 0 bridgehead atoms. The molecule has 170 valence electrons. The molecule has 3 rings (SSSR count). The Hall–Kier alpha value is -3.35. The zero-order valence-electron chi connectivity index (χ0n) is 18.8. The Bertz CT molecular complexity index is 922. The minimum Gasteiger partial charge on any atom is -0.466 e. The Morgan fingerprint density at radius 3 is 2.44 bits per heavy atom. The van der Waals surface area contributed by atoms with Crippen molar-refractivity contribution in [3.63, 3.8) is 0 Å². The highest BCUT2D eigenvalue weighted by molar-refractivity contribution is 5.89. The van der Waals surface area contributed by atoms with Crippen LogP contribution >= 0.6 is 0 Å². The normalized spacial score (nSPS) is 14.7. The summed E-state index contributed by atoms with van der Waals surface area (Å²) >= 11 is 0. The van der Waals surface area contributed by atoms with E-state index in [1.807, 2.05) is 55.5 Å². The standard InChI is InChI=1S/C25H31N3O4/c1-3-31-23(29)21-12-14-28(15-13-21)25(26-2)27-17-20-10-7-11-22(16-20)24(30)32-18-19-8-5-4-6-9-19/h4-11,16,21H,3,12-15,17-18H2,1-2H3,(H,26,27). The van der Waals surface area contributed by atoms with Gasteiger partial charge in [-0.25, -0.2) is 4.79 Å². The quantitative estimate of drug-likeness (QED) is 0.406. The molecule has 1 heterocycles. The molecule has 0 spiro atoms. The maximum atomic E-state index is 12.4. The van der Waals surface area contributed by atoms with Crippen molar-refractivity contribution in [3.05, 3.63) is 71.3 Å². The van der Waals surface area contributed by atoms with E-state index in [2.05, 4.69) is 15.2 Å². The fraction of sp³-hybridized carbons (Fsp3) is 0.400. The molecule has 32 heavy (non-hydrogen) atoms. The molecule has 7 heteroatoms. The number of hydrogen-bond donors (Lipinski definition) is 1. The number of carbonyl (C=O) groups excluding carboxylic acids is 2. The first-order valence-corrected chi connectivity index (χ1v) is 11.0. The van der Waals surface area contributed by atoms with Crippen LogP contribution in [0, 0.1) is 5.92 Å². The lowest BCUT2D eigenvalue weighted by atomic mass is 9.97. The van der Waals surface area contributed by atoms with Crippen molar-refractivity contribution in [2.24, 2.45) is 10.9 Å². The van der Waals surface area contributed by atoms with Gasteiger partial charge in [-0.05, 0) is 43.0 Å². The van der Waals surface area contributed by atoms with E-state index < -0.39 is 0 Å². The third-order valence-corrected chi connectivity index (χ3v) is 5.45. The number of aliphatic imine (C=N–C) groups is 1. The summed E-state index contributed by atoms with van der Waals surface area (Å²) in [6.45, 7) is 4.52. The molecule has 0 aromatic heterocycles. The number of rotatable bonds is 7. The predicted molar refractivity (Wildman–Crippen MR) is 123 cm³/mol. The zero-order chi connectivity index (χ0) is 22.8. The Morgan fingerprint density at radius 2 is 1.75 bits per heavy atom. The Morgan fingerprint density at radius 1 is 1.03 bits per heavy atom. The zero-order valence-corrected chi connectivity index (χ0v) is 18.8. The second-order valence-corrected chi connectivity index (χ2v) is 7.68. The van der Waals surface area contributed by atoms with E-state index in [0.29, 0.717) is 18.7 Å². The SMILES string of the molecule is CCOC(=O)C1CCN(C(=NC)NCc2cccc(C(=O)OCc3ccccc3)c2)CC1. The highest BCUT2D eigenvalue weighted by Crippen LogP contribution is 2.19. The smallest absolute Gasteiger partial charge is 0.338 e. The van der Waals surface area contributed by atoms with Crippen LogP contribution in [0.4, 0.5) is 0 Å². The molecule has 0 saturated carbocycles. The number of guanidine groups is 1. The average molecular weight is 438 g/mol. The fourth-order valence-electron chi connectivity index (χ4n) is 3.72. The number of likely N-dealkylation sites (tertiary alicyclic amines) is 1. The van der Waals surface area contributed by atoms with Crippen LogP contribution in [0.15, 0.2) is 59.6 Å². The molecular weight excluding hydrogens is 406 g/mol. The van der Waals surface area contributed by atoms with Gasteiger partial charge in [-0.3, -0.25) is 9.79 Å². The molecule has 1 aliphatic heterocycles. The van der Waals surface area contributed by atoms with Gasteiger partial charge >= 0.3 is 11.9 Å². The molecule has 2 aromatic rings. The molecule has 0 radical (unpaired) electrons. The summed E-state index contributed by atoms with van der Waals surface area (Å²) in [5, 5.41) is 3.36. The summed E-state index contributed by atoms with van der Waals surface area (Å²) in [6, 6.07) is 17.0. The third-order valence-electron chi connectivity index (χ3n) is 5.45. The number of hydrogen-bond acceptors (Lipinski definition) is 5. The number of nitrogens with zero attached hydrogens (tertiary/aromatic N) is 2. The van der Waals surface area contributed by atoms with Gasteiger partial charge in [0, 0.05) is 26.7 Å². The van der Waals surface area contributed by atoms with E-state index in [1.165, 1.54) is 0 Å². The molecule has 0 atom stereocenters. The largest absolute Gasteiger partial charge is 0.466 e. The van der Waals surface area contributed by atoms with Gasteiger partial charge in [0.25, 0.3) is 0 Å². The van der Waals surface area contributed by atoms with Crippen LogP contribution in [-0.4, -0.2) is 49.5 Å². The maximum Gasteiger partial charge on any atom is 0.338 e. The molecule has 1 saturated heterocycles. The lowest BCUT2D eigenvalue weighted by molar-refractivity contribution is -0.149. The number of benzene rings is 2. The van der Waals surface area contributed by atoms with Gasteiger partial charge in [0.05, 0.1) is 18.1 Å². The number of esters is 2. The Labute approximate surface area is 189 Å². The van der Waals surface area contributed by atoms with E-state index in [0.717, 1.165) is 43.0 Å². The molecule has 1 aliphatic rings. The number of nitrogens with one attached hydrogen (secondary N) is 1. The number of ether oxygens (including phenoxy) is 2. The van der Waals surface area contributed by atoms with Gasteiger partial charge in [-0.15, -0.1) is 0 Å². The summed E-state index contributed by atoms with van der Waals surface area (Å²) in [7, 11) is 1.75. The topological polar surface area (TPSA) is 80.2 Å². The summed E-state index contributed by atoms with van der Waals surface area (Å²) in [6.07, 6.45) is 1.50. The molecule has 0 amide bonds. The lowest BCUT2D eigenvalue weighted by Gasteiger charge is -2.33. The van der Waals surface area contributed by atoms with Crippen LogP contribution in [0.3, 0.4) is 0 Å². The maximum absolute atomic E-state index is 12.4. The van der Waals surface area contributed by atoms with E-state index in [1.54, 1.807) is 13.1 Å². The Kier molecular flexibility index (Phi) is 8.66. The summed E-state index contributed by atoms with van der Waals surface area (Å²) in [4.78, 5) is 30.9. The van der Waals surface area contributed by atoms with Crippen molar-refractivity contribution in [2.45, 2.75) is 32.9 Å². The molecule has 1 fully saturated rings. The highest BCUT2D eigenvalue weighted by Gasteiger charge is 2.27. The van der Waals surface area contributed by atoms with Crippen molar-refractivity contribution in [1.29, 1.82) is 0 Å². The van der Waals surface area contributed by atoms with Gasteiger partial charge in [0.2, 0.25) is 0 Å². The lowest BCUT2D eigenvalue weighted by Crippen LogP contribution is -2.46. The predicted octanol–water partition coefficient (Wildman–Crippen LogP) is 3.39. The van der Waals surface area contributed by atoms with E-state index in [-0.39, 0.29) is 24.5 Å². The molecular formula is C25H31N3O4. The minimum atomic E-state index is -0.346. The van der Waals surface area contributed by atoms with Crippen LogP contribution in [0.5, 0.6) is 0 Å². The van der Waals surface area contributed by atoms with Gasteiger partial charge < -0.3 is 19.7 Å². The summed E-state index contributed by atoms with van der Waals surface area (Å²) < 4.78 is 10.6. The molecule has 2 aromatic carbocycles. The fourth-order valence-corrected chi connectivity index (χ4v) is 3.72. The summed E-state index contributed by atoms with van der Waals surface area (Å²) in [5.41, 5.74) is 2.43. The van der Waals surface area contributed by atoms with E-state index >= 15 is 0 Å². The second-order valence-electron chi connectivity index (χ2n) is 7.68. The van der Waals surface area contributed by atoms with Crippen molar-refractivity contribution < 1.29 is 19.1 Å². The van der Waals surface area contributed by atoms with Crippen molar-refractivity contribution in [3.8, 4) is 0 Å². The minimum absolute atomic E-state index is 0.0390. The van der Waals surface area contributed by atoms with Crippen molar-refractivity contribution >= 4 is 17.9 Å². The third kappa shape index (κ3) is 6.57. The summed E-state index contributed by atoms with van der Waals surface area (Å²) in [5.74, 6) is 0.291. The van der Waals surface area contributed by atoms with Gasteiger partial charge in [-0.1, -0.05) is 42.5 Å². The van der Waals surface area contributed by atoms with Crippen LogP contribution in [0.2, 0.25) is 0 Å². The number of piperidine rings is 1. The van der Waals surface area contributed by atoms with Crippen LogP contribution < -0.4 is 5.32 Å². The molecule has 0 aliphatic carbocycles. The van der Waals surface area contributed by atoms with Crippen molar-refractivity contribution in [2.75, 3.05) is 26.7 Å². The Balaban J connectivity index is 1.50. The van der Waals surface area contributed by atoms with Crippen LogP contribution in [0.25, 0.3) is 0 Å². The molecule has 0 unspecified atom stereocenters. The van der Waals surface area contributed by atoms with Crippen LogP contribution in [-0.2, 0) is 27.4 Å². The van der Waals surface area contributed by atoms with Gasteiger partial charge in [-0.2, -0.15) is 0 Å². The first-order valence-electron chi connectivity index (χ1n) is 11.0. The first kappa shape index (κ1) is 23.3. The van der Waals surface area contributed by atoms with E-state index in [4.69, 9.17) is 9.47 Å². The number of carbonyl (C=O) groups is 2. The van der Waals surface area contributed by atoms with Gasteiger partial charge in [0.15, 0.2) is 5.96 Å². The monoisotopic (exact) mass is 437 g/mol. The highest BCUT2D eigenvalue weighted by atomic mass is 16.5. The second kappa shape index (κ2) is 11.9. The average Bonchev–Trinajstić information content (AvgIpc) is 2.84.